The molecule has 1 fully saturated rings. The molecule has 2 N–H and O–H groups in total. The van der Waals surface area contributed by atoms with Crippen LogP contribution < -0.4 is 10.6 Å². The molecular weight excluding hydrogens is 422 g/mol. The number of fused-ring (bicyclic) bond motifs is 1. The van der Waals surface area contributed by atoms with E-state index in [9.17, 15) is 19.2 Å². The minimum absolute atomic E-state index is 0.0286. The molecule has 4 rings (SSSR count). The largest absolute Gasteiger partial charge is 0.469 e. The van der Waals surface area contributed by atoms with E-state index in [-0.39, 0.29) is 24.9 Å². The molecule has 1 aliphatic carbocycles. The fraction of sp³-hybridized carbons (Fsp3) is 0.360. The molecule has 2 unspecified atom stereocenters. The fourth-order valence-electron chi connectivity index (χ4n) is 4.14. The summed E-state index contributed by atoms with van der Waals surface area (Å²) in [5, 5.41) is 5.47. The number of hydrogen-bond donors (Lipinski definition) is 2. The normalized spacial score (nSPS) is 17.8. The second-order valence-corrected chi connectivity index (χ2v) is 8.46. The SMILES string of the molecule is COC(=O)CC(NC(=O)CNC(=O)C1c2ccccc2C(=O)N1C1CC1)c1ccc(C)cc1. The Morgan fingerprint density at radius 2 is 1.79 bits per heavy atom. The van der Waals surface area contributed by atoms with Gasteiger partial charge in [-0.05, 0) is 37.0 Å². The van der Waals surface area contributed by atoms with E-state index in [2.05, 4.69) is 10.6 Å². The van der Waals surface area contributed by atoms with Gasteiger partial charge in [-0.2, -0.15) is 0 Å². The highest BCUT2D eigenvalue weighted by molar-refractivity contribution is 6.05. The van der Waals surface area contributed by atoms with Gasteiger partial charge in [-0.3, -0.25) is 19.2 Å². The highest BCUT2D eigenvalue weighted by Crippen LogP contribution is 2.41. The second kappa shape index (κ2) is 9.44. The number of carbonyl (C=O) groups is 4. The van der Waals surface area contributed by atoms with Crippen molar-refractivity contribution in [1.82, 2.24) is 15.5 Å². The maximum atomic E-state index is 13.1. The monoisotopic (exact) mass is 449 g/mol. The van der Waals surface area contributed by atoms with Gasteiger partial charge in [-0.15, -0.1) is 0 Å². The molecule has 1 heterocycles. The Kier molecular flexibility index (Phi) is 6.44. The van der Waals surface area contributed by atoms with Gasteiger partial charge in [0.1, 0.15) is 6.04 Å². The number of nitrogens with zero attached hydrogens (tertiary/aromatic N) is 1. The lowest BCUT2D eigenvalue weighted by Gasteiger charge is -2.24. The second-order valence-electron chi connectivity index (χ2n) is 8.46. The summed E-state index contributed by atoms with van der Waals surface area (Å²) in [4.78, 5) is 52.0. The van der Waals surface area contributed by atoms with Crippen LogP contribution in [-0.2, 0) is 19.1 Å². The van der Waals surface area contributed by atoms with Crippen molar-refractivity contribution in [3.8, 4) is 0 Å². The van der Waals surface area contributed by atoms with Crippen molar-refractivity contribution in [2.75, 3.05) is 13.7 Å². The lowest BCUT2D eigenvalue weighted by Crippen LogP contribution is -2.44. The number of nitrogens with one attached hydrogen (secondary N) is 2. The first-order chi connectivity index (χ1) is 15.9. The number of methoxy groups -OCH3 is 1. The van der Waals surface area contributed by atoms with Gasteiger partial charge in [0.15, 0.2) is 0 Å². The van der Waals surface area contributed by atoms with E-state index in [0.717, 1.165) is 24.0 Å². The molecule has 0 radical (unpaired) electrons. The maximum absolute atomic E-state index is 13.1. The minimum atomic E-state index is -0.739. The molecule has 0 bridgehead atoms. The first kappa shape index (κ1) is 22.5. The van der Waals surface area contributed by atoms with Crippen molar-refractivity contribution >= 4 is 23.7 Å². The summed E-state index contributed by atoms with van der Waals surface area (Å²) in [6.45, 7) is 1.68. The first-order valence-corrected chi connectivity index (χ1v) is 11.0. The Hall–Kier alpha value is -3.68. The van der Waals surface area contributed by atoms with Gasteiger partial charge < -0.3 is 20.3 Å². The molecule has 2 aromatic rings. The quantitative estimate of drug-likeness (QED) is 0.601. The fourth-order valence-corrected chi connectivity index (χ4v) is 4.14. The van der Waals surface area contributed by atoms with Crippen LogP contribution in [-0.4, -0.2) is 48.3 Å². The molecular formula is C25H27N3O5. The minimum Gasteiger partial charge on any atom is -0.469 e. The Balaban J connectivity index is 1.42. The third-order valence-electron chi connectivity index (χ3n) is 6.02. The summed E-state index contributed by atoms with van der Waals surface area (Å²) in [6.07, 6.45) is 1.71. The van der Waals surface area contributed by atoms with Crippen molar-refractivity contribution in [2.45, 2.75) is 44.3 Å². The van der Waals surface area contributed by atoms with Crippen molar-refractivity contribution in [1.29, 1.82) is 0 Å². The maximum Gasteiger partial charge on any atom is 0.307 e. The topological polar surface area (TPSA) is 105 Å². The molecule has 2 aromatic carbocycles. The molecule has 2 aliphatic rings. The zero-order chi connectivity index (χ0) is 23.5. The molecule has 8 heteroatoms. The number of ether oxygens (including phenoxy) is 1. The Morgan fingerprint density at radius 1 is 1.09 bits per heavy atom. The molecule has 3 amide bonds. The van der Waals surface area contributed by atoms with Crippen molar-refractivity contribution in [3.05, 3.63) is 70.8 Å². The van der Waals surface area contributed by atoms with Gasteiger partial charge in [0.2, 0.25) is 11.8 Å². The smallest absolute Gasteiger partial charge is 0.307 e. The van der Waals surface area contributed by atoms with Crippen LogP contribution in [0.3, 0.4) is 0 Å². The Labute approximate surface area is 192 Å². The lowest BCUT2D eigenvalue weighted by molar-refractivity contribution is -0.141. The zero-order valence-corrected chi connectivity index (χ0v) is 18.7. The third kappa shape index (κ3) is 4.89. The predicted molar refractivity (Wildman–Crippen MR) is 120 cm³/mol. The van der Waals surface area contributed by atoms with Crippen LogP contribution in [0.4, 0.5) is 0 Å². The highest BCUT2D eigenvalue weighted by atomic mass is 16.5. The number of esters is 1. The molecule has 1 saturated carbocycles. The molecule has 0 saturated heterocycles. The number of aryl methyl sites for hydroxylation is 1. The summed E-state index contributed by atoms with van der Waals surface area (Å²) in [7, 11) is 1.29. The van der Waals surface area contributed by atoms with Crippen molar-refractivity contribution < 1.29 is 23.9 Å². The van der Waals surface area contributed by atoms with Crippen LogP contribution in [0.2, 0.25) is 0 Å². The van der Waals surface area contributed by atoms with Crippen LogP contribution in [0, 0.1) is 6.92 Å². The number of rotatable bonds is 8. The van der Waals surface area contributed by atoms with E-state index in [1.807, 2.05) is 31.2 Å². The van der Waals surface area contributed by atoms with Gasteiger partial charge >= 0.3 is 5.97 Å². The molecule has 1 aliphatic heterocycles. The van der Waals surface area contributed by atoms with E-state index >= 15 is 0 Å². The average Bonchev–Trinajstić information content (AvgIpc) is 3.61. The van der Waals surface area contributed by atoms with Crippen LogP contribution in [0.5, 0.6) is 0 Å². The van der Waals surface area contributed by atoms with Crippen molar-refractivity contribution in [2.24, 2.45) is 0 Å². The molecule has 2 atom stereocenters. The molecule has 172 valence electrons. The van der Waals surface area contributed by atoms with Gasteiger partial charge in [0, 0.05) is 11.6 Å². The third-order valence-corrected chi connectivity index (χ3v) is 6.02. The van der Waals surface area contributed by atoms with Gasteiger partial charge in [0.25, 0.3) is 5.91 Å². The van der Waals surface area contributed by atoms with Crippen LogP contribution in [0.15, 0.2) is 48.5 Å². The summed E-state index contributed by atoms with van der Waals surface area (Å²) < 4.78 is 4.76. The molecule has 33 heavy (non-hydrogen) atoms. The van der Waals surface area contributed by atoms with Crippen molar-refractivity contribution in [3.63, 3.8) is 0 Å². The predicted octanol–water partition coefficient (Wildman–Crippen LogP) is 2.19. The number of hydrogen-bond acceptors (Lipinski definition) is 5. The van der Waals surface area contributed by atoms with Crippen LogP contribution in [0.1, 0.15) is 58.4 Å². The van der Waals surface area contributed by atoms with E-state index in [1.165, 1.54) is 7.11 Å². The first-order valence-electron chi connectivity index (χ1n) is 11.0. The van der Waals surface area contributed by atoms with E-state index in [0.29, 0.717) is 11.1 Å². The average molecular weight is 450 g/mol. The Morgan fingerprint density at radius 3 is 2.45 bits per heavy atom. The summed E-state index contributed by atoms with van der Waals surface area (Å²) in [5.41, 5.74) is 3.02. The van der Waals surface area contributed by atoms with E-state index < -0.39 is 29.9 Å². The molecule has 0 spiro atoms. The van der Waals surface area contributed by atoms with Gasteiger partial charge in [-0.1, -0.05) is 48.0 Å². The number of benzene rings is 2. The Bertz CT molecular complexity index is 1080. The molecule has 8 nitrogen and oxygen atoms in total. The van der Waals surface area contributed by atoms with Crippen LogP contribution >= 0.6 is 0 Å². The highest BCUT2D eigenvalue weighted by Gasteiger charge is 2.47. The van der Waals surface area contributed by atoms with Gasteiger partial charge in [-0.25, -0.2) is 0 Å². The van der Waals surface area contributed by atoms with Gasteiger partial charge in [0.05, 0.1) is 26.1 Å². The summed E-state index contributed by atoms with van der Waals surface area (Å²) >= 11 is 0. The summed E-state index contributed by atoms with van der Waals surface area (Å²) in [5.74, 6) is -1.43. The lowest BCUT2D eigenvalue weighted by atomic mass is 10.0. The van der Waals surface area contributed by atoms with E-state index in [1.54, 1.807) is 29.2 Å². The number of carbonyl (C=O) groups excluding carboxylic acids is 4. The standard InChI is InChI=1S/C25H27N3O5/c1-15-7-9-16(10-8-15)20(13-22(30)33-2)27-21(29)14-26-24(31)23-18-5-3-4-6-19(18)25(32)28(23)17-11-12-17/h3-10,17,20,23H,11-14H2,1-2H3,(H,26,31)(H,27,29). The number of amides is 3. The summed E-state index contributed by atoms with van der Waals surface area (Å²) in [6, 6.07) is 13.3. The zero-order valence-electron chi connectivity index (χ0n) is 18.7. The molecule has 0 aromatic heterocycles. The van der Waals surface area contributed by atoms with E-state index in [4.69, 9.17) is 4.74 Å². The van der Waals surface area contributed by atoms with Crippen LogP contribution in [0.25, 0.3) is 0 Å².